The quantitative estimate of drug-likeness (QED) is 0.930. The SMILES string of the molecule is Cc1cc(Cl)ccc1Oc1cnc(C(C)C)nc1CO. The minimum atomic E-state index is -0.190. The molecule has 2 aromatic rings. The molecule has 0 saturated heterocycles. The third-order valence-corrected chi connectivity index (χ3v) is 3.11. The fourth-order valence-corrected chi connectivity index (χ4v) is 1.97. The van der Waals surface area contributed by atoms with Gasteiger partial charge in [-0.05, 0) is 30.7 Å². The zero-order valence-corrected chi connectivity index (χ0v) is 12.5. The molecule has 0 radical (unpaired) electrons. The molecule has 4 nitrogen and oxygen atoms in total. The van der Waals surface area contributed by atoms with E-state index in [-0.39, 0.29) is 12.5 Å². The summed E-state index contributed by atoms with van der Waals surface area (Å²) in [7, 11) is 0. The van der Waals surface area contributed by atoms with E-state index in [1.165, 1.54) is 0 Å². The molecule has 1 aromatic heterocycles. The first-order chi connectivity index (χ1) is 9.51. The average molecular weight is 293 g/mol. The number of aryl methyl sites for hydroxylation is 1. The lowest BCUT2D eigenvalue weighted by atomic mass is 10.2. The maximum atomic E-state index is 9.42. The molecule has 0 fully saturated rings. The van der Waals surface area contributed by atoms with Crippen molar-refractivity contribution in [1.82, 2.24) is 9.97 Å². The second kappa shape index (κ2) is 6.20. The highest BCUT2D eigenvalue weighted by molar-refractivity contribution is 6.30. The molecule has 106 valence electrons. The molecule has 1 N–H and O–H groups in total. The van der Waals surface area contributed by atoms with E-state index in [9.17, 15) is 5.11 Å². The van der Waals surface area contributed by atoms with Crippen LogP contribution in [0.1, 0.15) is 36.8 Å². The molecule has 0 bridgehead atoms. The van der Waals surface area contributed by atoms with Gasteiger partial charge in [0, 0.05) is 10.9 Å². The number of aliphatic hydroxyl groups excluding tert-OH is 1. The summed E-state index contributed by atoms with van der Waals surface area (Å²) < 4.78 is 5.78. The van der Waals surface area contributed by atoms with Gasteiger partial charge in [-0.2, -0.15) is 0 Å². The van der Waals surface area contributed by atoms with Crippen LogP contribution in [0, 0.1) is 6.92 Å². The molecular formula is C15H17ClN2O2. The zero-order chi connectivity index (χ0) is 14.7. The molecule has 0 aliphatic rings. The van der Waals surface area contributed by atoms with Gasteiger partial charge in [0.15, 0.2) is 5.75 Å². The summed E-state index contributed by atoms with van der Waals surface area (Å²) in [6.45, 7) is 5.72. The summed E-state index contributed by atoms with van der Waals surface area (Å²) in [4.78, 5) is 8.58. The number of aromatic nitrogens is 2. The predicted molar refractivity (Wildman–Crippen MR) is 78.3 cm³/mol. The van der Waals surface area contributed by atoms with Gasteiger partial charge in [-0.1, -0.05) is 25.4 Å². The minimum absolute atomic E-state index is 0.190. The van der Waals surface area contributed by atoms with Gasteiger partial charge in [0.05, 0.1) is 12.8 Å². The maximum Gasteiger partial charge on any atom is 0.169 e. The standard InChI is InChI=1S/C15H17ClN2O2/c1-9(2)15-17-7-14(12(8-19)18-15)20-13-5-4-11(16)6-10(13)3/h4-7,9,19H,8H2,1-3H3. The van der Waals surface area contributed by atoms with Crippen LogP contribution in [0.25, 0.3) is 0 Å². The molecule has 1 heterocycles. The Labute approximate surface area is 123 Å². The lowest BCUT2D eigenvalue weighted by Crippen LogP contribution is -2.04. The van der Waals surface area contributed by atoms with Crippen molar-refractivity contribution in [1.29, 1.82) is 0 Å². The summed E-state index contributed by atoms with van der Waals surface area (Å²) in [5, 5.41) is 10.1. The van der Waals surface area contributed by atoms with E-state index in [0.717, 1.165) is 5.56 Å². The fourth-order valence-electron chi connectivity index (χ4n) is 1.74. The molecule has 0 spiro atoms. The lowest BCUT2D eigenvalue weighted by molar-refractivity contribution is 0.269. The van der Waals surface area contributed by atoms with Crippen LogP contribution in [0.3, 0.4) is 0 Å². The van der Waals surface area contributed by atoms with E-state index in [1.807, 2.05) is 26.8 Å². The van der Waals surface area contributed by atoms with Gasteiger partial charge in [0.25, 0.3) is 0 Å². The fraction of sp³-hybridized carbons (Fsp3) is 0.333. The van der Waals surface area contributed by atoms with E-state index in [0.29, 0.717) is 28.0 Å². The van der Waals surface area contributed by atoms with Gasteiger partial charge in [0.2, 0.25) is 0 Å². The number of hydrogen-bond donors (Lipinski definition) is 1. The van der Waals surface area contributed by atoms with Crippen molar-refractivity contribution in [3.8, 4) is 11.5 Å². The van der Waals surface area contributed by atoms with Gasteiger partial charge >= 0.3 is 0 Å². The van der Waals surface area contributed by atoms with Gasteiger partial charge in [-0.3, -0.25) is 0 Å². The first-order valence-electron chi connectivity index (χ1n) is 6.42. The minimum Gasteiger partial charge on any atom is -0.453 e. The van der Waals surface area contributed by atoms with Crippen molar-refractivity contribution in [2.24, 2.45) is 0 Å². The number of nitrogens with zero attached hydrogens (tertiary/aromatic N) is 2. The van der Waals surface area contributed by atoms with E-state index in [1.54, 1.807) is 18.3 Å². The summed E-state index contributed by atoms with van der Waals surface area (Å²) in [6.07, 6.45) is 1.60. The first-order valence-corrected chi connectivity index (χ1v) is 6.79. The van der Waals surface area contributed by atoms with Crippen LogP contribution in [-0.2, 0) is 6.61 Å². The Bertz CT molecular complexity index is 615. The molecule has 1 aromatic carbocycles. The average Bonchev–Trinajstić information content (AvgIpc) is 2.42. The van der Waals surface area contributed by atoms with Crippen LogP contribution in [-0.4, -0.2) is 15.1 Å². The highest BCUT2D eigenvalue weighted by Crippen LogP contribution is 2.29. The van der Waals surface area contributed by atoms with Gasteiger partial charge in [-0.15, -0.1) is 0 Å². The van der Waals surface area contributed by atoms with E-state index in [4.69, 9.17) is 16.3 Å². The number of rotatable bonds is 4. The van der Waals surface area contributed by atoms with Gasteiger partial charge in [-0.25, -0.2) is 9.97 Å². The second-order valence-corrected chi connectivity index (χ2v) is 5.30. The number of hydrogen-bond acceptors (Lipinski definition) is 4. The molecule has 0 saturated carbocycles. The Morgan fingerprint density at radius 3 is 2.65 bits per heavy atom. The summed E-state index contributed by atoms with van der Waals surface area (Å²) in [5.74, 6) is 2.02. The molecule has 20 heavy (non-hydrogen) atoms. The van der Waals surface area contributed by atoms with Crippen molar-refractivity contribution < 1.29 is 9.84 Å². The monoisotopic (exact) mass is 292 g/mol. The largest absolute Gasteiger partial charge is 0.453 e. The second-order valence-electron chi connectivity index (χ2n) is 4.86. The Hall–Kier alpha value is -1.65. The molecule has 0 aliphatic carbocycles. The molecule has 0 amide bonds. The first kappa shape index (κ1) is 14.8. The number of benzene rings is 1. The third kappa shape index (κ3) is 3.26. The van der Waals surface area contributed by atoms with Crippen LogP contribution >= 0.6 is 11.6 Å². The van der Waals surface area contributed by atoms with Crippen LogP contribution in [0.15, 0.2) is 24.4 Å². The van der Waals surface area contributed by atoms with Crippen LogP contribution in [0.4, 0.5) is 0 Å². The topological polar surface area (TPSA) is 55.2 Å². The van der Waals surface area contributed by atoms with Gasteiger partial charge in [0.1, 0.15) is 17.3 Å². The van der Waals surface area contributed by atoms with Crippen molar-refractivity contribution in [3.05, 3.63) is 46.5 Å². The van der Waals surface area contributed by atoms with E-state index >= 15 is 0 Å². The number of aliphatic hydroxyl groups is 1. The summed E-state index contributed by atoms with van der Waals surface area (Å²) >= 11 is 5.91. The normalized spacial score (nSPS) is 10.9. The zero-order valence-electron chi connectivity index (χ0n) is 11.7. The number of ether oxygens (including phenoxy) is 1. The van der Waals surface area contributed by atoms with Crippen molar-refractivity contribution in [3.63, 3.8) is 0 Å². The molecular weight excluding hydrogens is 276 g/mol. The highest BCUT2D eigenvalue weighted by Gasteiger charge is 2.12. The van der Waals surface area contributed by atoms with Crippen molar-refractivity contribution in [2.75, 3.05) is 0 Å². The predicted octanol–water partition coefficient (Wildman–Crippen LogP) is 3.85. The summed E-state index contributed by atoms with van der Waals surface area (Å²) in [5.41, 5.74) is 1.40. The smallest absolute Gasteiger partial charge is 0.169 e. The highest BCUT2D eigenvalue weighted by atomic mass is 35.5. The van der Waals surface area contributed by atoms with Gasteiger partial charge < -0.3 is 9.84 Å². The van der Waals surface area contributed by atoms with Crippen molar-refractivity contribution in [2.45, 2.75) is 33.3 Å². The molecule has 0 atom stereocenters. The third-order valence-electron chi connectivity index (χ3n) is 2.87. The Balaban J connectivity index is 2.33. The van der Waals surface area contributed by atoms with Crippen molar-refractivity contribution >= 4 is 11.6 Å². The molecule has 5 heteroatoms. The molecule has 0 aliphatic heterocycles. The lowest BCUT2D eigenvalue weighted by Gasteiger charge is -2.13. The maximum absolute atomic E-state index is 9.42. The molecule has 0 unspecified atom stereocenters. The Kier molecular flexibility index (Phi) is 4.57. The Morgan fingerprint density at radius 2 is 2.05 bits per heavy atom. The Morgan fingerprint density at radius 1 is 1.30 bits per heavy atom. The van der Waals surface area contributed by atoms with E-state index < -0.39 is 0 Å². The summed E-state index contributed by atoms with van der Waals surface area (Å²) in [6, 6.07) is 5.36. The van der Waals surface area contributed by atoms with Crippen LogP contribution < -0.4 is 4.74 Å². The number of halogens is 1. The van der Waals surface area contributed by atoms with Crippen LogP contribution in [0.2, 0.25) is 5.02 Å². The molecule has 2 rings (SSSR count). The van der Waals surface area contributed by atoms with Crippen LogP contribution in [0.5, 0.6) is 11.5 Å². The van der Waals surface area contributed by atoms with E-state index in [2.05, 4.69) is 9.97 Å².